The lowest BCUT2D eigenvalue weighted by atomic mass is 9.85. The molecule has 1 N–H and O–H groups in total. The van der Waals surface area contributed by atoms with E-state index in [0.29, 0.717) is 23.8 Å². The first kappa shape index (κ1) is 12.9. The Morgan fingerprint density at radius 1 is 1.24 bits per heavy atom. The minimum Gasteiger partial charge on any atom is -0.354 e. The van der Waals surface area contributed by atoms with Gasteiger partial charge in [0.05, 0.1) is 0 Å². The number of rotatable bonds is 5. The van der Waals surface area contributed by atoms with Crippen LogP contribution in [0.3, 0.4) is 0 Å². The lowest BCUT2D eigenvalue weighted by Gasteiger charge is -2.32. The number of carbonyl (C=O) groups is 1. The van der Waals surface area contributed by atoms with Gasteiger partial charge in [-0.25, -0.2) is 0 Å². The maximum atomic E-state index is 11.8. The predicted molar refractivity (Wildman–Crippen MR) is 69.8 cm³/mol. The highest BCUT2D eigenvalue weighted by molar-refractivity contribution is 5.79. The minimum absolute atomic E-state index is 0.293. The van der Waals surface area contributed by atoms with E-state index in [9.17, 15) is 4.79 Å². The Balaban J connectivity index is 1.78. The molecular formula is C14H26N2O. The fourth-order valence-electron chi connectivity index (χ4n) is 2.88. The number of nitrogens with one attached hydrogen (secondary N) is 1. The molecule has 0 aromatic heterocycles. The standard InChI is InChI=1S/C14H26N2O/c1-11(2)13(16-8-3-4-9-16)10-15-14(17)12-6-5-7-12/h11-13H,3-10H2,1-2H3,(H,15,17). The largest absolute Gasteiger partial charge is 0.354 e. The summed E-state index contributed by atoms with van der Waals surface area (Å²) in [4.78, 5) is 14.4. The van der Waals surface area contributed by atoms with Gasteiger partial charge in [0.2, 0.25) is 5.91 Å². The van der Waals surface area contributed by atoms with Crippen LogP contribution in [0.4, 0.5) is 0 Å². The van der Waals surface area contributed by atoms with Crippen molar-refractivity contribution >= 4 is 5.91 Å². The average Bonchev–Trinajstić information content (AvgIpc) is 2.67. The van der Waals surface area contributed by atoms with Crippen molar-refractivity contribution in [1.82, 2.24) is 10.2 Å². The Morgan fingerprint density at radius 3 is 2.35 bits per heavy atom. The van der Waals surface area contributed by atoms with Crippen molar-refractivity contribution in [3.8, 4) is 0 Å². The van der Waals surface area contributed by atoms with Crippen molar-refractivity contribution in [3.63, 3.8) is 0 Å². The van der Waals surface area contributed by atoms with E-state index in [2.05, 4.69) is 24.1 Å². The summed E-state index contributed by atoms with van der Waals surface area (Å²) >= 11 is 0. The Hall–Kier alpha value is -0.570. The molecule has 0 bridgehead atoms. The monoisotopic (exact) mass is 238 g/mol. The molecule has 3 heteroatoms. The van der Waals surface area contributed by atoms with Crippen molar-refractivity contribution < 1.29 is 4.79 Å². The number of carbonyl (C=O) groups excluding carboxylic acids is 1. The molecule has 2 aliphatic rings. The Kier molecular flexibility index (Phi) is 4.43. The van der Waals surface area contributed by atoms with Gasteiger partial charge < -0.3 is 5.32 Å². The molecular weight excluding hydrogens is 212 g/mol. The van der Waals surface area contributed by atoms with E-state index in [0.717, 1.165) is 19.4 Å². The molecule has 1 saturated heterocycles. The van der Waals surface area contributed by atoms with Gasteiger partial charge in [-0.3, -0.25) is 9.69 Å². The molecule has 1 unspecified atom stereocenters. The van der Waals surface area contributed by atoms with Crippen LogP contribution in [0.5, 0.6) is 0 Å². The topological polar surface area (TPSA) is 32.3 Å². The van der Waals surface area contributed by atoms with Crippen LogP contribution in [-0.4, -0.2) is 36.5 Å². The first-order chi connectivity index (χ1) is 8.18. The molecule has 98 valence electrons. The van der Waals surface area contributed by atoms with Gasteiger partial charge in [0, 0.05) is 18.5 Å². The maximum Gasteiger partial charge on any atom is 0.223 e. The van der Waals surface area contributed by atoms with Crippen LogP contribution < -0.4 is 5.32 Å². The van der Waals surface area contributed by atoms with Crippen LogP contribution in [-0.2, 0) is 4.79 Å². The van der Waals surface area contributed by atoms with E-state index >= 15 is 0 Å². The average molecular weight is 238 g/mol. The van der Waals surface area contributed by atoms with Gasteiger partial charge in [0.1, 0.15) is 0 Å². The normalized spacial score (nSPS) is 23.7. The summed E-state index contributed by atoms with van der Waals surface area (Å²) in [6.07, 6.45) is 6.07. The maximum absolute atomic E-state index is 11.8. The van der Waals surface area contributed by atoms with Gasteiger partial charge in [-0.05, 0) is 44.7 Å². The van der Waals surface area contributed by atoms with Gasteiger partial charge >= 0.3 is 0 Å². The van der Waals surface area contributed by atoms with E-state index in [1.807, 2.05) is 0 Å². The van der Waals surface area contributed by atoms with Crippen molar-refractivity contribution in [2.24, 2.45) is 11.8 Å². The van der Waals surface area contributed by atoms with E-state index in [-0.39, 0.29) is 0 Å². The van der Waals surface area contributed by atoms with Crippen LogP contribution in [0.25, 0.3) is 0 Å². The highest BCUT2D eigenvalue weighted by Gasteiger charge is 2.28. The Bertz CT molecular complexity index is 255. The van der Waals surface area contributed by atoms with E-state index in [1.54, 1.807) is 0 Å². The zero-order chi connectivity index (χ0) is 12.3. The molecule has 2 rings (SSSR count). The van der Waals surface area contributed by atoms with Crippen molar-refractivity contribution in [2.75, 3.05) is 19.6 Å². The lowest BCUT2D eigenvalue weighted by molar-refractivity contribution is -0.127. The summed E-state index contributed by atoms with van der Waals surface area (Å²) in [7, 11) is 0. The number of hydrogen-bond donors (Lipinski definition) is 1. The summed E-state index contributed by atoms with van der Waals surface area (Å²) in [6.45, 7) is 7.79. The van der Waals surface area contributed by atoms with Crippen LogP contribution in [0, 0.1) is 11.8 Å². The highest BCUT2D eigenvalue weighted by atomic mass is 16.1. The second-order valence-corrected chi connectivity index (χ2v) is 5.93. The number of likely N-dealkylation sites (tertiary alicyclic amines) is 1. The van der Waals surface area contributed by atoms with E-state index < -0.39 is 0 Å². The third-order valence-corrected chi connectivity index (χ3v) is 4.34. The number of nitrogens with zero attached hydrogens (tertiary/aromatic N) is 1. The second kappa shape index (κ2) is 5.85. The smallest absolute Gasteiger partial charge is 0.223 e. The summed E-state index contributed by atoms with van der Waals surface area (Å²) in [5, 5.41) is 3.16. The molecule has 0 spiro atoms. The predicted octanol–water partition coefficient (Wildman–Crippen LogP) is 2.02. The zero-order valence-corrected chi connectivity index (χ0v) is 11.2. The molecule has 1 amide bonds. The second-order valence-electron chi connectivity index (χ2n) is 5.93. The summed E-state index contributed by atoms with van der Waals surface area (Å²) in [5.41, 5.74) is 0. The van der Waals surface area contributed by atoms with E-state index in [1.165, 1.54) is 32.4 Å². The SMILES string of the molecule is CC(C)C(CNC(=O)C1CCC1)N1CCCC1. The van der Waals surface area contributed by atoms with Crippen LogP contribution in [0.2, 0.25) is 0 Å². The van der Waals surface area contributed by atoms with Gasteiger partial charge in [0.15, 0.2) is 0 Å². The number of hydrogen-bond acceptors (Lipinski definition) is 2. The van der Waals surface area contributed by atoms with Gasteiger partial charge in [-0.15, -0.1) is 0 Å². The third kappa shape index (κ3) is 3.21. The van der Waals surface area contributed by atoms with Crippen molar-refractivity contribution in [1.29, 1.82) is 0 Å². The molecule has 1 atom stereocenters. The molecule has 1 aliphatic carbocycles. The molecule has 1 aliphatic heterocycles. The minimum atomic E-state index is 0.293. The van der Waals surface area contributed by atoms with Crippen LogP contribution in [0.15, 0.2) is 0 Å². The fourth-order valence-corrected chi connectivity index (χ4v) is 2.88. The first-order valence-corrected chi connectivity index (χ1v) is 7.20. The molecule has 1 heterocycles. The third-order valence-electron chi connectivity index (χ3n) is 4.34. The molecule has 3 nitrogen and oxygen atoms in total. The summed E-state index contributed by atoms with van der Waals surface area (Å²) in [6, 6.07) is 0.529. The molecule has 0 aromatic carbocycles. The Labute approximate surface area is 105 Å². The fraction of sp³-hybridized carbons (Fsp3) is 0.929. The zero-order valence-electron chi connectivity index (χ0n) is 11.2. The van der Waals surface area contributed by atoms with Gasteiger partial charge in [-0.2, -0.15) is 0 Å². The highest BCUT2D eigenvalue weighted by Crippen LogP contribution is 2.26. The molecule has 2 fully saturated rings. The molecule has 0 radical (unpaired) electrons. The van der Waals surface area contributed by atoms with Crippen molar-refractivity contribution in [3.05, 3.63) is 0 Å². The van der Waals surface area contributed by atoms with Crippen LogP contribution >= 0.6 is 0 Å². The summed E-state index contributed by atoms with van der Waals surface area (Å²) in [5.74, 6) is 1.23. The van der Waals surface area contributed by atoms with E-state index in [4.69, 9.17) is 0 Å². The Morgan fingerprint density at radius 2 is 1.88 bits per heavy atom. The molecule has 17 heavy (non-hydrogen) atoms. The molecule has 0 aromatic rings. The number of amides is 1. The first-order valence-electron chi connectivity index (χ1n) is 7.20. The lowest BCUT2D eigenvalue weighted by Crippen LogP contribution is -2.47. The quantitative estimate of drug-likeness (QED) is 0.795. The molecule has 1 saturated carbocycles. The van der Waals surface area contributed by atoms with Crippen molar-refractivity contribution in [2.45, 2.75) is 52.0 Å². The summed E-state index contributed by atoms with van der Waals surface area (Å²) < 4.78 is 0. The van der Waals surface area contributed by atoms with Crippen LogP contribution in [0.1, 0.15) is 46.0 Å². The van der Waals surface area contributed by atoms with Gasteiger partial charge in [0.25, 0.3) is 0 Å². The van der Waals surface area contributed by atoms with Gasteiger partial charge in [-0.1, -0.05) is 20.3 Å².